The zero-order valence-electron chi connectivity index (χ0n) is 12.5. The van der Waals surface area contributed by atoms with E-state index in [1.54, 1.807) is 11.8 Å². The van der Waals surface area contributed by atoms with Gasteiger partial charge >= 0.3 is 0 Å². The summed E-state index contributed by atoms with van der Waals surface area (Å²) in [6.07, 6.45) is -1.07. The van der Waals surface area contributed by atoms with Crippen molar-refractivity contribution in [2.24, 2.45) is 5.73 Å². The van der Waals surface area contributed by atoms with Crippen molar-refractivity contribution >= 4 is 39.3 Å². The molecule has 1 amide bonds. The summed E-state index contributed by atoms with van der Waals surface area (Å²) in [6, 6.07) is 4.78. The lowest BCUT2D eigenvalue weighted by atomic mass is 10.1. The zero-order valence-corrected chi connectivity index (χ0v) is 14.9. The third-order valence-corrected chi connectivity index (χ3v) is 5.30. The predicted octanol–water partition coefficient (Wildman–Crippen LogP) is 0.481. The van der Waals surface area contributed by atoms with Crippen LogP contribution >= 0.6 is 23.4 Å². The molecule has 1 aromatic rings. The quantitative estimate of drug-likeness (QED) is 0.364. The van der Waals surface area contributed by atoms with Crippen molar-refractivity contribution in [2.75, 3.05) is 11.5 Å². The normalized spacial score (nSPS) is 14.3. The molecule has 0 spiro atoms. The number of sulfonamides is 1. The lowest BCUT2D eigenvalue weighted by Crippen LogP contribution is -2.52. The average molecular weight is 382 g/mol. The number of benzene rings is 1. The third-order valence-electron chi connectivity index (χ3n) is 2.89. The van der Waals surface area contributed by atoms with E-state index in [0.717, 1.165) is 5.75 Å². The van der Waals surface area contributed by atoms with Crippen LogP contribution in [0.4, 0.5) is 0 Å². The Hall–Kier alpha value is -0.840. The molecular weight excluding hydrogens is 362 g/mol. The van der Waals surface area contributed by atoms with Gasteiger partial charge in [-0.15, -0.1) is 4.83 Å². The van der Waals surface area contributed by atoms with Crippen LogP contribution in [-0.4, -0.2) is 43.1 Å². The predicted molar refractivity (Wildman–Crippen MR) is 91.5 cm³/mol. The fourth-order valence-corrected chi connectivity index (χ4v) is 3.48. The molecule has 0 aliphatic heterocycles. The first kappa shape index (κ1) is 20.2. The summed E-state index contributed by atoms with van der Waals surface area (Å²) in [5.74, 6) is 0.703. The summed E-state index contributed by atoms with van der Waals surface area (Å²) < 4.78 is 24.0. The third kappa shape index (κ3) is 6.66. The molecule has 0 radical (unpaired) electrons. The summed E-state index contributed by atoms with van der Waals surface area (Å²) in [5.41, 5.74) is 7.67. The topological polar surface area (TPSA) is 122 Å². The molecule has 0 aromatic heterocycles. The number of hydrogen-bond acceptors (Lipinski definition) is 6. The molecule has 7 nitrogen and oxygen atoms in total. The van der Waals surface area contributed by atoms with Gasteiger partial charge in [-0.25, -0.2) is 8.42 Å². The van der Waals surface area contributed by atoms with Crippen molar-refractivity contribution in [3.63, 3.8) is 0 Å². The highest BCUT2D eigenvalue weighted by atomic mass is 35.5. The van der Waals surface area contributed by atoms with Crippen LogP contribution < -0.4 is 16.0 Å². The van der Waals surface area contributed by atoms with Crippen LogP contribution in [0.1, 0.15) is 13.3 Å². The van der Waals surface area contributed by atoms with Gasteiger partial charge in [0.1, 0.15) is 6.10 Å². The van der Waals surface area contributed by atoms with E-state index < -0.39 is 28.1 Å². The maximum absolute atomic E-state index is 12.0. The van der Waals surface area contributed by atoms with Crippen LogP contribution in [0.3, 0.4) is 0 Å². The highest BCUT2D eigenvalue weighted by molar-refractivity contribution is 7.99. The number of aliphatic hydroxyl groups is 1. The van der Waals surface area contributed by atoms with E-state index in [4.69, 9.17) is 17.3 Å². The van der Waals surface area contributed by atoms with Gasteiger partial charge in [0.2, 0.25) is 0 Å². The fraction of sp³-hybridized carbons (Fsp3) is 0.462. The number of carbonyl (C=O) groups is 1. The van der Waals surface area contributed by atoms with E-state index in [-0.39, 0.29) is 9.92 Å². The molecule has 0 saturated heterocycles. The number of nitrogens with one attached hydrogen (secondary N) is 2. The van der Waals surface area contributed by atoms with Crippen molar-refractivity contribution in [1.82, 2.24) is 10.3 Å². The minimum Gasteiger partial charge on any atom is -0.382 e. The summed E-state index contributed by atoms with van der Waals surface area (Å²) >= 11 is 7.36. The molecule has 1 aromatic carbocycles. The maximum atomic E-state index is 12.0. The van der Waals surface area contributed by atoms with Crippen molar-refractivity contribution < 1.29 is 18.3 Å². The van der Waals surface area contributed by atoms with Gasteiger partial charge in [0, 0.05) is 11.1 Å². The second kappa shape index (κ2) is 9.45. The van der Waals surface area contributed by atoms with Crippen molar-refractivity contribution in [3.05, 3.63) is 29.3 Å². The minimum atomic E-state index is -3.98. The molecule has 10 heteroatoms. The first-order valence-corrected chi connectivity index (χ1v) is 9.88. The SMILES string of the molecule is CCSCC[C@@H](N)C(O)C(=O)NNS(=O)(=O)c1cccc(Cl)c1. The van der Waals surface area contributed by atoms with Gasteiger partial charge in [-0.2, -0.15) is 11.8 Å². The number of halogens is 1. The summed E-state index contributed by atoms with van der Waals surface area (Å²) in [5, 5.41) is 10.0. The van der Waals surface area contributed by atoms with E-state index in [9.17, 15) is 18.3 Å². The second-order valence-electron chi connectivity index (χ2n) is 4.65. The Kier molecular flexibility index (Phi) is 8.31. The van der Waals surface area contributed by atoms with Gasteiger partial charge in [0.15, 0.2) is 0 Å². The van der Waals surface area contributed by atoms with Gasteiger partial charge in [0.05, 0.1) is 4.90 Å². The molecule has 0 bridgehead atoms. The molecule has 0 saturated carbocycles. The Morgan fingerprint density at radius 2 is 2.17 bits per heavy atom. The molecule has 23 heavy (non-hydrogen) atoms. The van der Waals surface area contributed by atoms with E-state index in [1.165, 1.54) is 24.3 Å². The molecule has 0 aliphatic rings. The molecule has 130 valence electrons. The maximum Gasteiger partial charge on any atom is 0.265 e. The molecular formula is C13H20ClN3O4S2. The van der Waals surface area contributed by atoms with Crippen molar-refractivity contribution in [3.8, 4) is 0 Å². The van der Waals surface area contributed by atoms with Gasteiger partial charge < -0.3 is 10.8 Å². The lowest BCUT2D eigenvalue weighted by molar-refractivity contribution is -0.130. The number of thioether (sulfide) groups is 1. The largest absolute Gasteiger partial charge is 0.382 e. The fourth-order valence-electron chi connectivity index (χ4n) is 1.60. The van der Waals surface area contributed by atoms with Crippen molar-refractivity contribution in [1.29, 1.82) is 0 Å². The number of hydrogen-bond donors (Lipinski definition) is 4. The molecule has 5 N–H and O–H groups in total. The number of rotatable bonds is 9. The Labute approximate surface area is 145 Å². The average Bonchev–Trinajstić information content (AvgIpc) is 2.52. The summed E-state index contributed by atoms with van der Waals surface area (Å²) in [6.45, 7) is 1.99. The Bertz CT molecular complexity index is 627. The first-order chi connectivity index (χ1) is 10.8. The molecule has 1 unspecified atom stereocenters. The number of hydrazine groups is 1. The highest BCUT2D eigenvalue weighted by Crippen LogP contribution is 2.14. The van der Waals surface area contributed by atoms with Gasteiger partial charge in [-0.1, -0.05) is 24.6 Å². The van der Waals surface area contributed by atoms with Crippen LogP contribution in [-0.2, 0) is 14.8 Å². The number of carbonyl (C=O) groups excluding carboxylic acids is 1. The first-order valence-electron chi connectivity index (χ1n) is 6.86. The number of amides is 1. The molecule has 2 atom stereocenters. The van der Waals surface area contributed by atoms with Crippen LogP contribution in [0, 0.1) is 0 Å². The summed E-state index contributed by atoms with van der Waals surface area (Å²) in [7, 11) is -3.98. The molecule has 0 fully saturated rings. The molecule has 0 heterocycles. The van der Waals surface area contributed by atoms with Crippen LogP contribution in [0.2, 0.25) is 5.02 Å². The van der Waals surface area contributed by atoms with Crippen LogP contribution in [0.5, 0.6) is 0 Å². The molecule has 0 aliphatic carbocycles. The van der Waals surface area contributed by atoms with Crippen LogP contribution in [0.15, 0.2) is 29.2 Å². The van der Waals surface area contributed by atoms with Gasteiger partial charge in [-0.05, 0) is 36.1 Å². The number of aliphatic hydroxyl groups excluding tert-OH is 1. The minimum absolute atomic E-state index is 0.108. The lowest BCUT2D eigenvalue weighted by Gasteiger charge is -2.18. The zero-order chi connectivity index (χ0) is 17.5. The van der Waals surface area contributed by atoms with Gasteiger partial charge in [-0.3, -0.25) is 10.2 Å². The second-order valence-corrected chi connectivity index (χ2v) is 8.16. The standard InChI is InChI=1S/C13H20ClN3O4S2/c1-2-22-7-6-11(15)12(18)13(19)16-17-23(20,21)10-5-3-4-9(14)8-10/h3-5,8,11-12,17-18H,2,6-7,15H2,1H3,(H,16,19)/t11-,12?/m1/s1. The molecule has 1 rings (SSSR count). The summed E-state index contributed by atoms with van der Waals surface area (Å²) in [4.78, 5) is 13.6. The monoisotopic (exact) mass is 381 g/mol. The van der Waals surface area contributed by atoms with Crippen molar-refractivity contribution in [2.45, 2.75) is 30.4 Å². The Morgan fingerprint density at radius 1 is 1.48 bits per heavy atom. The highest BCUT2D eigenvalue weighted by Gasteiger charge is 2.24. The Morgan fingerprint density at radius 3 is 2.78 bits per heavy atom. The van der Waals surface area contributed by atoms with Crippen LogP contribution in [0.25, 0.3) is 0 Å². The van der Waals surface area contributed by atoms with Gasteiger partial charge in [0.25, 0.3) is 15.9 Å². The van der Waals surface area contributed by atoms with E-state index in [2.05, 4.69) is 0 Å². The van der Waals surface area contributed by atoms with E-state index >= 15 is 0 Å². The van der Waals surface area contributed by atoms with E-state index in [1.807, 2.05) is 17.2 Å². The smallest absolute Gasteiger partial charge is 0.265 e. The number of nitrogens with two attached hydrogens (primary N) is 1. The Balaban J connectivity index is 2.57. The van der Waals surface area contributed by atoms with E-state index in [0.29, 0.717) is 12.2 Å².